The molecule has 2 aliphatic heterocycles. The molecule has 14 heavy (non-hydrogen) atoms. The first-order valence-corrected chi connectivity index (χ1v) is 4.74. The normalized spacial score (nSPS) is 48.3. The summed E-state index contributed by atoms with van der Waals surface area (Å²) in [6.45, 7) is 3.99. The lowest BCUT2D eigenvalue weighted by Gasteiger charge is -2.42. The maximum absolute atomic E-state index is 10.8. The van der Waals surface area contributed by atoms with Gasteiger partial charge < -0.3 is 23.7 Å². The van der Waals surface area contributed by atoms with Gasteiger partial charge in [0, 0.05) is 0 Å². The Morgan fingerprint density at radius 1 is 1.14 bits per heavy atom. The number of hydrogen-bond acceptors (Lipinski definition) is 5. The molecule has 0 aromatic rings. The minimum atomic E-state index is -0.546. The summed E-state index contributed by atoms with van der Waals surface area (Å²) < 4.78 is 21.4. The van der Waals surface area contributed by atoms with Gasteiger partial charge in [-0.1, -0.05) is 0 Å². The molecule has 5 atom stereocenters. The number of carbonyl (C=O) groups is 1. The Labute approximate surface area is 82.3 Å². The van der Waals surface area contributed by atoms with E-state index in [-0.39, 0.29) is 24.8 Å². The summed E-state index contributed by atoms with van der Waals surface area (Å²) in [4.78, 5) is 10.8. The van der Waals surface area contributed by atoms with E-state index in [9.17, 15) is 4.79 Å². The van der Waals surface area contributed by atoms with Gasteiger partial charge in [-0.3, -0.25) is 0 Å². The molecule has 5 heteroatoms. The molecule has 0 N–H and O–H groups in total. The van der Waals surface area contributed by atoms with Crippen LogP contribution in [0.4, 0.5) is 0 Å². The lowest BCUT2D eigenvalue weighted by Crippen LogP contribution is -2.57. The van der Waals surface area contributed by atoms with Gasteiger partial charge in [0.2, 0.25) is 0 Å². The van der Waals surface area contributed by atoms with E-state index >= 15 is 0 Å². The highest BCUT2D eigenvalue weighted by Crippen LogP contribution is 2.25. The largest absolute Gasteiger partial charge is 0.350 e. The van der Waals surface area contributed by atoms with Crippen LogP contribution in [0, 0.1) is 0 Å². The van der Waals surface area contributed by atoms with Crippen LogP contribution in [0.1, 0.15) is 13.8 Å². The van der Waals surface area contributed by atoms with Gasteiger partial charge in [-0.25, -0.2) is 0 Å². The smallest absolute Gasteiger partial charge is 0.156 e. The van der Waals surface area contributed by atoms with E-state index in [1.54, 1.807) is 13.8 Å². The summed E-state index contributed by atoms with van der Waals surface area (Å²) in [5, 5.41) is 0. The number of rotatable bonds is 1. The quantitative estimate of drug-likeness (QED) is 0.563. The first-order chi connectivity index (χ1) is 6.70. The SMILES string of the molecule is C[C@@H]1OC[C@@H]2O[C@H](C)O[C@H](C=O)[C@@H]2O1. The van der Waals surface area contributed by atoms with Crippen LogP contribution in [0.15, 0.2) is 0 Å². The van der Waals surface area contributed by atoms with Crippen LogP contribution >= 0.6 is 0 Å². The minimum absolute atomic E-state index is 0.204. The van der Waals surface area contributed by atoms with Gasteiger partial charge in [-0.2, -0.15) is 0 Å². The topological polar surface area (TPSA) is 54.0 Å². The van der Waals surface area contributed by atoms with Gasteiger partial charge in [0.15, 0.2) is 18.9 Å². The van der Waals surface area contributed by atoms with E-state index < -0.39 is 6.10 Å². The van der Waals surface area contributed by atoms with Crippen molar-refractivity contribution in [3.05, 3.63) is 0 Å². The number of aldehydes is 1. The average Bonchev–Trinajstić information content (AvgIpc) is 2.17. The summed E-state index contributed by atoms with van der Waals surface area (Å²) in [6, 6.07) is 0. The van der Waals surface area contributed by atoms with Crippen LogP contribution in [0.2, 0.25) is 0 Å². The molecule has 80 valence electrons. The molecule has 2 heterocycles. The van der Waals surface area contributed by atoms with Crippen molar-refractivity contribution >= 4 is 6.29 Å². The highest BCUT2D eigenvalue weighted by molar-refractivity contribution is 5.57. The van der Waals surface area contributed by atoms with E-state index in [0.717, 1.165) is 6.29 Å². The number of carbonyl (C=O) groups excluding carboxylic acids is 1. The first kappa shape index (κ1) is 10.0. The van der Waals surface area contributed by atoms with Gasteiger partial charge >= 0.3 is 0 Å². The van der Waals surface area contributed by atoms with E-state index in [0.29, 0.717) is 6.61 Å². The Kier molecular flexibility index (Phi) is 2.83. The molecule has 5 nitrogen and oxygen atoms in total. The van der Waals surface area contributed by atoms with Crippen molar-refractivity contribution in [2.75, 3.05) is 6.61 Å². The molecule has 0 spiro atoms. The van der Waals surface area contributed by atoms with Crippen molar-refractivity contribution in [2.45, 2.75) is 44.7 Å². The molecule has 2 rings (SSSR count). The molecule has 0 aromatic carbocycles. The molecule has 0 unspecified atom stereocenters. The predicted octanol–water partition coefficient (Wildman–Crippen LogP) is 0.0767. The molecule has 0 bridgehead atoms. The zero-order chi connectivity index (χ0) is 10.1. The van der Waals surface area contributed by atoms with Gasteiger partial charge in [-0.15, -0.1) is 0 Å². The van der Waals surface area contributed by atoms with Crippen LogP contribution in [-0.4, -0.2) is 43.8 Å². The number of hydrogen-bond donors (Lipinski definition) is 0. The number of fused-ring (bicyclic) bond motifs is 1. The third-order valence-electron chi connectivity index (χ3n) is 2.38. The molecule has 2 aliphatic rings. The second-order valence-corrected chi connectivity index (χ2v) is 3.48. The van der Waals surface area contributed by atoms with E-state index in [1.807, 2.05) is 0 Å². The Morgan fingerprint density at radius 3 is 2.64 bits per heavy atom. The number of ether oxygens (including phenoxy) is 4. The molecule has 0 saturated carbocycles. The third kappa shape index (κ3) is 1.81. The second kappa shape index (κ2) is 3.94. The monoisotopic (exact) mass is 202 g/mol. The van der Waals surface area contributed by atoms with Crippen molar-refractivity contribution in [2.24, 2.45) is 0 Å². The maximum Gasteiger partial charge on any atom is 0.156 e. The van der Waals surface area contributed by atoms with Crippen molar-refractivity contribution in [3.8, 4) is 0 Å². The first-order valence-electron chi connectivity index (χ1n) is 4.74. The van der Waals surface area contributed by atoms with Crippen LogP contribution in [-0.2, 0) is 23.7 Å². The van der Waals surface area contributed by atoms with Gasteiger partial charge in [0.25, 0.3) is 0 Å². The molecule has 0 radical (unpaired) electrons. The van der Waals surface area contributed by atoms with Crippen molar-refractivity contribution in [1.82, 2.24) is 0 Å². The Hall–Kier alpha value is -0.490. The van der Waals surface area contributed by atoms with Gasteiger partial charge in [0.1, 0.15) is 18.3 Å². The summed E-state index contributed by atoms with van der Waals surface area (Å²) in [7, 11) is 0. The van der Waals surface area contributed by atoms with Crippen molar-refractivity contribution in [1.29, 1.82) is 0 Å². The third-order valence-corrected chi connectivity index (χ3v) is 2.38. The molecular formula is C9H14O5. The summed E-state index contributed by atoms with van der Waals surface area (Å²) in [6.07, 6.45) is -1.02. The molecule has 2 fully saturated rings. The predicted molar refractivity (Wildman–Crippen MR) is 45.6 cm³/mol. The fourth-order valence-corrected chi connectivity index (χ4v) is 1.77. The average molecular weight is 202 g/mol. The fourth-order valence-electron chi connectivity index (χ4n) is 1.77. The van der Waals surface area contributed by atoms with Crippen LogP contribution < -0.4 is 0 Å². The van der Waals surface area contributed by atoms with E-state index in [1.165, 1.54) is 0 Å². The standard InChI is InChI=1S/C9H14O5/c1-5-11-4-8-9(14-5)7(3-10)12-6(2)13-8/h3,5-9H,4H2,1-2H3/t5-,6-,7-,8+,9+/m1/s1. The zero-order valence-electron chi connectivity index (χ0n) is 8.21. The van der Waals surface area contributed by atoms with Gasteiger partial charge in [-0.05, 0) is 13.8 Å². The lowest BCUT2D eigenvalue weighted by atomic mass is 10.1. The highest BCUT2D eigenvalue weighted by atomic mass is 16.8. The fraction of sp³-hybridized carbons (Fsp3) is 0.889. The van der Waals surface area contributed by atoms with E-state index in [4.69, 9.17) is 18.9 Å². The Morgan fingerprint density at radius 2 is 1.93 bits per heavy atom. The highest BCUT2D eigenvalue weighted by Gasteiger charge is 2.42. The molecular weight excluding hydrogens is 188 g/mol. The zero-order valence-corrected chi connectivity index (χ0v) is 8.21. The second-order valence-electron chi connectivity index (χ2n) is 3.48. The van der Waals surface area contributed by atoms with Gasteiger partial charge in [0.05, 0.1) is 6.61 Å². The van der Waals surface area contributed by atoms with Crippen molar-refractivity contribution in [3.63, 3.8) is 0 Å². The molecule has 0 amide bonds. The minimum Gasteiger partial charge on any atom is -0.350 e. The van der Waals surface area contributed by atoms with Crippen molar-refractivity contribution < 1.29 is 23.7 Å². The molecule has 2 saturated heterocycles. The van der Waals surface area contributed by atoms with Crippen LogP contribution in [0.3, 0.4) is 0 Å². The van der Waals surface area contributed by atoms with Crippen LogP contribution in [0.25, 0.3) is 0 Å². The van der Waals surface area contributed by atoms with Crippen LogP contribution in [0.5, 0.6) is 0 Å². The molecule has 0 aliphatic carbocycles. The molecule has 0 aromatic heterocycles. The summed E-state index contributed by atoms with van der Waals surface area (Å²) >= 11 is 0. The maximum atomic E-state index is 10.8. The summed E-state index contributed by atoms with van der Waals surface area (Å²) in [5.74, 6) is 0. The lowest BCUT2D eigenvalue weighted by molar-refractivity contribution is -0.342. The Bertz CT molecular complexity index is 219. The van der Waals surface area contributed by atoms with E-state index in [2.05, 4.69) is 0 Å². The summed E-state index contributed by atoms with van der Waals surface area (Å²) in [5.41, 5.74) is 0. The Balaban J connectivity index is 2.08.